The van der Waals surface area contributed by atoms with Gasteiger partial charge in [-0.15, -0.1) is 0 Å². The summed E-state index contributed by atoms with van der Waals surface area (Å²) >= 11 is 0. The largest absolute Gasteiger partial charge is 0.453 e. The second-order valence-electron chi connectivity index (χ2n) is 3.33. The summed E-state index contributed by atoms with van der Waals surface area (Å²) in [5, 5.41) is 5.27. The van der Waals surface area contributed by atoms with Crippen LogP contribution in [0.2, 0.25) is 0 Å². The fraction of sp³-hybridized carbons (Fsp3) is 0.800. The topological polar surface area (TPSA) is 76.7 Å². The SMILES string of the molecule is CCCC(CCNC(=O)OC)NC(=O)OC. The van der Waals surface area contributed by atoms with Gasteiger partial charge in [0.1, 0.15) is 0 Å². The van der Waals surface area contributed by atoms with E-state index in [-0.39, 0.29) is 6.04 Å². The second-order valence-corrected chi connectivity index (χ2v) is 3.33. The molecule has 0 aliphatic heterocycles. The van der Waals surface area contributed by atoms with Crippen LogP contribution in [0.4, 0.5) is 9.59 Å². The van der Waals surface area contributed by atoms with Crippen LogP contribution in [0.5, 0.6) is 0 Å². The zero-order valence-corrected chi connectivity index (χ0v) is 10.0. The van der Waals surface area contributed by atoms with Crippen LogP contribution < -0.4 is 10.6 Å². The van der Waals surface area contributed by atoms with Gasteiger partial charge in [0.25, 0.3) is 0 Å². The molecule has 0 aliphatic carbocycles. The first-order valence-electron chi connectivity index (χ1n) is 5.30. The number of alkyl carbamates (subject to hydrolysis) is 2. The van der Waals surface area contributed by atoms with Crippen molar-refractivity contribution in [3.8, 4) is 0 Å². The molecule has 2 amide bonds. The Bertz CT molecular complexity index is 221. The third-order valence-corrected chi connectivity index (χ3v) is 2.09. The minimum atomic E-state index is -0.465. The molecule has 0 saturated heterocycles. The van der Waals surface area contributed by atoms with E-state index in [0.717, 1.165) is 12.8 Å². The van der Waals surface area contributed by atoms with Crippen LogP contribution >= 0.6 is 0 Å². The van der Waals surface area contributed by atoms with Crippen LogP contribution in [-0.4, -0.2) is 39.0 Å². The van der Waals surface area contributed by atoms with Crippen LogP contribution in [0.25, 0.3) is 0 Å². The molecule has 0 heterocycles. The Labute approximate surface area is 95.7 Å². The van der Waals surface area contributed by atoms with Crippen LogP contribution in [0.1, 0.15) is 26.2 Å². The van der Waals surface area contributed by atoms with Gasteiger partial charge in [0.15, 0.2) is 0 Å². The summed E-state index contributed by atoms with van der Waals surface area (Å²) in [6.07, 6.45) is 1.54. The lowest BCUT2D eigenvalue weighted by molar-refractivity contribution is 0.164. The van der Waals surface area contributed by atoms with Crippen molar-refractivity contribution >= 4 is 12.2 Å². The molecule has 0 saturated carbocycles. The Hall–Kier alpha value is -1.46. The molecule has 0 aromatic rings. The summed E-state index contributed by atoms with van der Waals surface area (Å²) in [6.45, 7) is 2.49. The molecule has 0 fully saturated rings. The second kappa shape index (κ2) is 8.82. The van der Waals surface area contributed by atoms with Crippen LogP contribution in [0, 0.1) is 0 Å². The fourth-order valence-corrected chi connectivity index (χ4v) is 1.28. The van der Waals surface area contributed by atoms with E-state index in [4.69, 9.17) is 0 Å². The third kappa shape index (κ3) is 6.92. The van der Waals surface area contributed by atoms with Crippen molar-refractivity contribution in [1.82, 2.24) is 10.6 Å². The number of ether oxygens (including phenoxy) is 2. The molecule has 6 nitrogen and oxygen atoms in total. The summed E-state index contributed by atoms with van der Waals surface area (Å²) in [4.78, 5) is 21.8. The summed E-state index contributed by atoms with van der Waals surface area (Å²) < 4.78 is 8.95. The first-order chi connectivity index (χ1) is 7.63. The Balaban J connectivity index is 3.84. The van der Waals surface area contributed by atoms with Crippen molar-refractivity contribution in [2.75, 3.05) is 20.8 Å². The summed E-state index contributed by atoms with van der Waals surface area (Å²) in [6, 6.07) is 0.00889. The third-order valence-electron chi connectivity index (χ3n) is 2.09. The quantitative estimate of drug-likeness (QED) is 0.722. The minimum Gasteiger partial charge on any atom is -0.453 e. The van der Waals surface area contributed by atoms with Gasteiger partial charge in [0.2, 0.25) is 0 Å². The fourth-order valence-electron chi connectivity index (χ4n) is 1.28. The summed E-state index contributed by atoms with van der Waals surface area (Å²) in [7, 11) is 2.64. The first-order valence-corrected chi connectivity index (χ1v) is 5.30. The van der Waals surface area contributed by atoms with E-state index in [1.54, 1.807) is 0 Å². The van der Waals surface area contributed by atoms with E-state index in [1.165, 1.54) is 14.2 Å². The van der Waals surface area contributed by atoms with Gasteiger partial charge in [-0.2, -0.15) is 0 Å². The average molecular weight is 232 g/mol. The molecule has 0 aliphatic rings. The van der Waals surface area contributed by atoms with Crippen molar-refractivity contribution in [2.24, 2.45) is 0 Å². The predicted octanol–water partition coefficient (Wildman–Crippen LogP) is 1.26. The predicted molar refractivity (Wildman–Crippen MR) is 59.3 cm³/mol. The minimum absolute atomic E-state index is 0.00889. The lowest BCUT2D eigenvalue weighted by Gasteiger charge is -2.17. The number of amides is 2. The Morgan fingerprint density at radius 1 is 1.12 bits per heavy atom. The maximum atomic E-state index is 11.0. The molecule has 1 unspecified atom stereocenters. The maximum Gasteiger partial charge on any atom is 0.407 e. The van der Waals surface area contributed by atoms with E-state index >= 15 is 0 Å². The molecule has 0 bridgehead atoms. The highest BCUT2D eigenvalue weighted by Gasteiger charge is 2.11. The number of carbonyl (C=O) groups is 2. The smallest absolute Gasteiger partial charge is 0.407 e. The van der Waals surface area contributed by atoms with Gasteiger partial charge in [-0.3, -0.25) is 0 Å². The molecular formula is C10H20N2O4. The van der Waals surface area contributed by atoms with Gasteiger partial charge < -0.3 is 20.1 Å². The molecule has 1 atom stereocenters. The molecule has 0 spiro atoms. The van der Waals surface area contributed by atoms with Crippen molar-refractivity contribution in [3.63, 3.8) is 0 Å². The molecule has 94 valence electrons. The number of rotatable bonds is 6. The van der Waals surface area contributed by atoms with Crippen LogP contribution in [0.3, 0.4) is 0 Å². The number of nitrogens with one attached hydrogen (secondary N) is 2. The average Bonchev–Trinajstić information content (AvgIpc) is 2.28. The van der Waals surface area contributed by atoms with E-state index in [2.05, 4.69) is 20.1 Å². The highest BCUT2D eigenvalue weighted by atomic mass is 16.5. The molecule has 16 heavy (non-hydrogen) atoms. The van der Waals surface area contributed by atoms with E-state index < -0.39 is 12.2 Å². The maximum absolute atomic E-state index is 11.0. The Morgan fingerprint density at radius 3 is 2.25 bits per heavy atom. The zero-order chi connectivity index (χ0) is 12.4. The lowest BCUT2D eigenvalue weighted by Crippen LogP contribution is -2.37. The van der Waals surface area contributed by atoms with Gasteiger partial charge in [-0.05, 0) is 12.8 Å². The number of hydrogen-bond donors (Lipinski definition) is 2. The number of hydrogen-bond acceptors (Lipinski definition) is 4. The molecule has 2 N–H and O–H groups in total. The zero-order valence-electron chi connectivity index (χ0n) is 10.0. The van der Waals surface area contributed by atoms with E-state index in [1.807, 2.05) is 6.92 Å². The van der Waals surface area contributed by atoms with Gasteiger partial charge in [0, 0.05) is 12.6 Å². The molecule has 0 aromatic heterocycles. The number of carbonyl (C=O) groups excluding carboxylic acids is 2. The van der Waals surface area contributed by atoms with Gasteiger partial charge >= 0.3 is 12.2 Å². The van der Waals surface area contributed by atoms with Crippen LogP contribution in [0.15, 0.2) is 0 Å². The van der Waals surface area contributed by atoms with Gasteiger partial charge in [-0.25, -0.2) is 9.59 Å². The molecule has 0 aromatic carbocycles. The van der Waals surface area contributed by atoms with Crippen molar-refractivity contribution in [3.05, 3.63) is 0 Å². The highest BCUT2D eigenvalue weighted by Crippen LogP contribution is 2.01. The lowest BCUT2D eigenvalue weighted by atomic mass is 10.1. The van der Waals surface area contributed by atoms with E-state index in [0.29, 0.717) is 13.0 Å². The Morgan fingerprint density at radius 2 is 1.75 bits per heavy atom. The molecular weight excluding hydrogens is 212 g/mol. The molecule has 0 rings (SSSR count). The van der Waals surface area contributed by atoms with Crippen molar-refractivity contribution in [2.45, 2.75) is 32.2 Å². The first kappa shape index (κ1) is 14.5. The monoisotopic (exact) mass is 232 g/mol. The number of methoxy groups -OCH3 is 2. The summed E-state index contributed by atoms with van der Waals surface area (Å²) in [5.41, 5.74) is 0. The summed E-state index contributed by atoms with van der Waals surface area (Å²) in [5.74, 6) is 0. The Kier molecular flexibility index (Phi) is 8.01. The molecule has 0 radical (unpaired) electrons. The standard InChI is InChI=1S/C10H20N2O4/c1-4-5-8(12-10(14)16-3)6-7-11-9(13)15-2/h8H,4-7H2,1-3H3,(H,11,13)(H,12,14). The highest BCUT2D eigenvalue weighted by molar-refractivity contribution is 5.67. The van der Waals surface area contributed by atoms with Crippen LogP contribution in [-0.2, 0) is 9.47 Å². The van der Waals surface area contributed by atoms with Crippen molar-refractivity contribution in [1.29, 1.82) is 0 Å². The van der Waals surface area contributed by atoms with Gasteiger partial charge in [-0.1, -0.05) is 13.3 Å². The normalized spacial score (nSPS) is 11.4. The van der Waals surface area contributed by atoms with E-state index in [9.17, 15) is 9.59 Å². The molecule has 6 heteroatoms. The van der Waals surface area contributed by atoms with Crippen molar-refractivity contribution < 1.29 is 19.1 Å². The van der Waals surface area contributed by atoms with Gasteiger partial charge in [0.05, 0.1) is 14.2 Å².